The molecule has 1 aliphatic rings. The standard InChI is InChI=1S/C27H27FN2O4/c1-3-34-23-12-8-20(9-13-23)29-27(32)24-16-17-25(31)30(21-10-14-22(33-2)15-11-21)26(24)18-4-6-19(28)7-5-18/h4-15,24,26H,3,16-17H2,1-2H3,(H,29,32)/t24-,26-/m1/s1. The number of hydrogen-bond donors (Lipinski definition) is 1. The van der Waals surface area contributed by atoms with Crippen molar-refractivity contribution in [3.8, 4) is 11.5 Å². The van der Waals surface area contributed by atoms with Crippen LogP contribution in [0.3, 0.4) is 0 Å². The smallest absolute Gasteiger partial charge is 0.229 e. The Labute approximate surface area is 198 Å². The molecule has 4 rings (SSSR count). The molecule has 0 saturated carbocycles. The number of halogens is 1. The van der Waals surface area contributed by atoms with E-state index in [-0.39, 0.29) is 24.1 Å². The minimum Gasteiger partial charge on any atom is -0.497 e. The molecule has 1 heterocycles. The van der Waals surface area contributed by atoms with Gasteiger partial charge in [0.25, 0.3) is 0 Å². The van der Waals surface area contributed by atoms with Crippen LogP contribution in [0, 0.1) is 11.7 Å². The van der Waals surface area contributed by atoms with E-state index in [0.717, 1.165) is 5.75 Å². The van der Waals surface area contributed by atoms with Crippen molar-refractivity contribution in [3.05, 3.63) is 84.2 Å². The third kappa shape index (κ3) is 5.03. The minimum atomic E-state index is -0.585. The molecule has 3 aromatic carbocycles. The van der Waals surface area contributed by atoms with E-state index in [0.29, 0.717) is 35.7 Å². The summed E-state index contributed by atoms with van der Waals surface area (Å²) in [5.41, 5.74) is 1.98. The topological polar surface area (TPSA) is 67.9 Å². The molecule has 0 bridgehead atoms. The van der Waals surface area contributed by atoms with Gasteiger partial charge in [0.2, 0.25) is 11.8 Å². The fourth-order valence-electron chi connectivity index (χ4n) is 4.29. The maximum Gasteiger partial charge on any atom is 0.229 e. The fraction of sp³-hybridized carbons (Fsp3) is 0.259. The zero-order chi connectivity index (χ0) is 24.1. The molecule has 7 heteroatoms. The molecule has 0 aliphatic carbocycles. The lowest BCUT2D eigenvalue weighted by atomic mass is 9.83. The third-order valence-electron chi connectivity index (χ3n) is 5.93. The van der Waals surface area contributed by atoms with Gasteiger partial charge in [0.1, 0.15) is 17.3 Å². The number of nitrogens with one attached hydrogen (secondary N) is 1. The Bertz CT molecular complexity index is 1130. The van der Waals surface area contributed by atoms with Gasteiger partial charge in [-0.25, -0.2) is 4.39 Å². The van der Waals surface area contributed by atoms with Gasteiger partial charge in [-0.05, 0) is 79.6 Å². The number of nitrogens with zero attached hydrogens (tertiary/aromatic N) is 1. The average Bonchev–Trinajstić information content (AvgIpc) is 2.86. The number of ether oxygens (including phenoxy) is 2. The predicted molar refractivity (Wildman–Crippen MR) is 129 cm³/mol. The lowest BCUT2D eigenvalue weighted by molar-refractivity contribution is -0.125. The van der Waals surface area contributed by atoms with E-state index in [4.69, 9.17) is 9.47 Å². The molecular weight excluding hydrogens is 435 g/mol. The fourth-order valence-corrected chi connectivity index (χ4v) is 4.29. The molecule has 0 radical (unpaired) electrons. The quantitative estimate of drug-likeness (QED) is 0.514. The van der Waals surface area contributed by atoms with Gasteiger partial charge in [0.15, 0.2) is 0 Å². The van der Waals surface area contributed by atoms with E-state index in [9.17, 15) is 14.0 Å². The lowest BCUT2D eigenvalue weighted by Gasteiger charge is -2.41. The zero-order valence-corrected chi connectivity index (χ0v) is 19.2. The molecule has 3 aromatic rings. The van der Waals surface area contributed by atoms with Gasteiger partial charge in [-0.2, -0.15) is 0 Å². The van der Waals surface area contributed by atoms with Gasteiger partial charge >= 0.3 is 0 Å². The molecule has 1 N–H and O–H groups in total. The molecule has 2 amide bonds. The second kappa shape index (κ2) is 10.4. The Kier molecular flexibility index (Phi) is 7.11. The van der Waals surface area contributed by atoms with Crippen LogP contribution in [0.25, 0.3) is 0 Å². The van der Waals surface area contributed by atoms with Crippen molar-refractivity contribution in [3.63, 3.8) is 0 Å². The molecule has 34 heavy (non-hydrogen) atoms. The summed E-state index contributed by atoms with van der Waals surface area (Å²) in [4.78, 5) is 28.2. The Morgan fingerprint density at radius 3 is 2.26 bits per heavy atom. The molecule has 0 aromatic heterocycles. The van der Waals surface area contributed by atoms with Crippen LogP contribution in [0.4, 0.5) is 15.8 Å². The zero-order valence-electron chi connectivity index (χ0n) is 19.2. The van der Waals surface area contributed by atoms with E-state index in [1.54, 1.807) is 72.7 Å². The number of carbonyl (C=O) groups excluding carboxylic acids is 2. The molecule has 1 fully saturated rings. The van der Waals surface area contributed by atoms with Crippen molar-refractivity contribution < 1.29 is 23.5 Å². The van der Waals surface area contributed by atoms with Gasteiger partial charge in [-0.3, -0.25) is 9.59 Å². The van der Waals surface area contributed by atoms with E-state index in [1.165, 1.54) is 12.1 Å². The number of methoxy groups -OCH3 is 1. The summed E-state index contributed by atoms with van der Waals surface area (Å²) in [5.74, 6) is 0.179. The Hall–Kier alpha value is -3.87. The number of benzene rings is 3. The minimum absolute atomic E-state index is 0.0930. The summed E-state index contributed by atoms with van der Waals surface area (Å²) in [6, 6.07) is 19.7. The second-order valence-corrected chi connectivity index (χ2v) is 8.05. The average molecular weight is 463 g/mol. The molecule has 0 spiro atoms. The van der Waals surface area contributed by atoms with Crippen molar-refractivity contribution in [1.82, 2.24) is 0 Å². The highest BCUT2D eigenvalue weighted by Gasteiger charge is 2.41. The summed E-state index contributed by atoms with van der Waals surface area (Å²) >= 11 is 0. The number of carbonyl (C=O) groups is 2. The van der Waals surface area contributed by atoms with Crippen LogP contribution in [-0.2, 0) is 9.59 Å². The molecule has 2 atom stereocenters. The van der Waals surface area contributed by atoms with Crippen molar-refractivity contribution in [2.45, 2.75) is 25.8 Å². The second-order valence-electron chi connectivity index (χ2n) is 8.05. The highest BCUT2D eigenvalue weighted by atomic mass is 19.1. The number of anilines is 2. The Morgan fingerprint density at radius 1 is 1.00 bits per heavy atom. The monoisotopic (exact) mass is 462 g/mol. The third-order valence-corrected chi connectivity index (χ3v) is 5.93. The summed E-state index contributed by atoms with van der Waals surface area (Å²) in [5, 5.41) is 2.97. The summed E-state index contributed by atoms with van der Waals surface area (Å²) < 4.78 is 24.4. The number of piperidine rings is 1. The van der Waals surface area contributed by atoms with E-state index < -0.39 is 12.0 Å². The van der Waals surface area contributed by atoms with E-state index in [1.807, 2.05) is 6.92 Å². The SMILES string of the molecule is CCOc1ccc(NC(=O)[C@@H]2CCC(=O)N(c3ccc(OC)cc3)[C@@H]2c2ccc(F)cc2)cc1. The number of hydrogen-bond acceptors (Lipinski definition) is 4. The van der Waals surface area contributed by atoms with Crippen LogP contribution < -0.4 is 19.7 Å². The van der Waals surface area contributed by atoms with Crippen LogP contribution >= 0.6 is 0 Å². The van der Waals surface area contributed by atoms with Crippen molar-refractivity contribution in [1.29, 1.82) is 0 Å². The molecule has 0 unspecified atom stereocenters. The molecule has 1 saturated heterocycles. The van der Waals surface area contributed by atoms with Crippen LogP contribution in [0.1, 0.15) is 31.4 Å². The maximum atomic E-state index is 13.7. The van der Waals surface area contributed by atoms with Crippen molar-refractivity contribution >= 4 is 23.2 Å². The maximum absolute atomic E-state index is 13.7. The normalized spacial score (nSPS) is 17.9. The first kappa shape index (κ1) is 23.3. The van der Waals surface area contributed by atoms with Crippen LogP contribution in [0.15, 0.2) is 72.8 Å². The van der Waals surface area contributed by atoms with Gasteiger partial charge < -0.3 is 19.7 Å². The van der Waals surface area contributed by atoms with E-state index >= 15 is 0 Å². The van der Waals surface area contributed by atoms with Gasteiger partial charge in [-0.1, -0.05) is 12.1 Å². The number of amides is 2. The van der Waals surface area contributed by atoms with Crippen molar-refractivity contribution in [2.75, 3.05) is 23.9 Å². The largest absolute Gasteiger partial charge is 0.497 e. The Balaban J connectivity index is 1.67. The molecule has 6 nitrogen and oxygen atoms in total. The first-order valence-electron chi connectivity index (χ1n) is 11.3. The molecular formula is C27H27FN2O4. The van der Waals surface area contributed by atoms with Crippen LogP contribution in [0.2, 0.25) is 0 Å². The molecule has 1 aliphatic heterocycles. The van der Waals surface area contributed by atoms with Gasteiger partial charge in [0, 0.05) is 17.8 Å². The van der Waals surface area contributed by atoms with Crippen molar-refractivity contribution in [2.24, 2.45) is 5.92 Å². The lowest BCUT2D eigenvalue weighted by Crippen LogP contribution is -2.47. The predicted octanol–water partition coefficient (Wildman–Crippen LogP) is 5.36. The first-order chi connectivity index (χ1) is 16.5. The van der Waals surface area contributed by atoms with E-state index in [2.05, 4.69) is 5.32 Å². The summed E-state index contributed by atoms with van der Waals surface area (Å²) in [7, 11) is 1.57. The highest BCUT2D eigenvalue weighted by molar-refractivity contribution is 6.00. The van der Waals surface area contributed by atoms with Crippen LogP contribution in [-0.4, -0.2) is 25.5 Å². The number of rotatable bonds is 7. The Morgan fingerprint density at radius 2 is 1.65 bits per heavy atom. The summed E-state index contributed by atoms with van der Waals surface area (Å²) in [6.45, 7) is 2.46. The van der Waals surface area contributed by atoms with Gasteiger partial charge in [-0.15, -0.1) is 0 Å². The highest BCUT2D eigenvalue weighted by Crippen LogP contribution is 2.41. The first-order valence-corrected chi connectivity index (χ1v) is 11.3. The molecule has 176 valence electrons. The van der Waals surface area contributed by atoms with Crippen LogP contribution in [0.5, 0.6) is 11.5 Å². The van der Waals surface area contributed by atoms with Gasteiger partial charge in [0.05, 0.1) is 25.7 Å². The summed E-state index contributed by atoms with van der Waals surface area (Å²) in [6.07, 6.45) is 0.613.